The van der Waals surface area contributed by atoms with Gasteiger partial charge in [-0.1, -0.05) is 0 Å². The Balaban J connectivity index is 1.23. The third-order valence-corrected chi connectivity index (χ3v) is 7.16. The fourth-order valence-corrected chi connectivity index (χ4v) is 5.05. The lowest BCUT2D eigenvalue weighted by Crippen LogP contribution is -2.41. The van der Waals surface area contributed by atoms with E-state index in [2.05, 4.69) is 25.6 Å². The summed E-state index contributed by atoms with van der Waals surface area (Å²) in [6.07, 6.45) is 6.40. The van der Waals surface area contributed by atoms with Crippen molar-refractivity contribution in [3.63, 3.8) is 0 Å². The van der Waals surface area contributed by atoms with Crippen LogP contribution in [0.5, 0.6) is 0 Å². The van der Waals surface area contributed by atoms with Crippen LogP contribution in [0.15, 0.2) is 85.5 Å². The normalized spacial score (nSPS) is 12.7. The summed E-state index contributed by atoms with van der Waals surface area (Å²) in [5.74, 6) is -0.326. The number of hydrogen-bond acceptors (Lipinski definition) is 7. The molecule has 43 heavy (non-hydrogen) atoms. The largest absolute Gasteiger partial charge is 0.365 e. The summed E-state index contributed by atoms with van der Waals surface area (Å²) in [5, 5.41) is 15.8. The third kappa shape index (κ3) is 5.35. The Morgan fingerprint density at radius 1 is 0.930 bits per heavy atom. The molecule has 0 unspecified atom stereocenters. The minimum atomic E-state index is -0.546. The van der Waals surface area contributed by atoms with Gasteiger partial charge in [0.25, 0.3) is 0 Å². The average Bonchev–Trinajstić information content (AvgIpc) is 3.61. The standard InChI is InChI=1S/C30H24F2N10O/c31-21-3-1-20(2-4-21)29-28(24-17-40(13-14-41(24)39-29)30(43)36-22-8-10-33-11-9-22)23-5-6-27-37-26(18-42(27)38-23)35-16-19-7-12-34-25(32)15-19/h1-12,15,18,35H,13-14,16-17H2,(H,33,36,43). The number of imidazole rings is 1. The van der Waals surface area contributed by atoms with Gasteiger partial charge in [0, 0.05) is 42.9 Å². The third-order valence-electron chi connectivity index (χ3n) is 7.16. The van der Waals surface area contributed by atoms with Crippen molar-refractivity contribution in [2.24, 2.45) is 0 Å². The quantitative estimate of drug-likeness (QED) is 0.268. The second kappa shape index (κ2) is 10.9. The lowest BCUT2D eigenvalue weighted by Gasteiger charge is -2.28. The number of hydrogen-bond donors (Lipinski definition) is 2. The van der Waals surface area contributed by atoms with Gasteiger partial charge in [0.15, 0.2) is 5.65 Å². The van der Waals surface area contributed by atoms with E-state index in [9.17, 15) is 13.6 Å². The minimum Gasteiger partial charge on any atom is -0.365 e. The minimum absolute atomic E-state index is 0.240. The predicted molar refractivity (Wildman–Crippen MR) is 155 cm³/mol. The average molecular weight is 579 g/mol. The van der Waals surface area contributed by atoms with Gasteiger partial charge in [-0.2, -0.15) is 14.6 Å². The molecular formula is C30H24F2N10O. The number of pyridine rings is 2. The van der Waals surface area contributed by atoms with Crippen molar-refractivity contribution in [1.29, 1.82) is 0 Å². The molecule has 6 aromatic rings. The molecule has 2 amide bonds. The molecule has 2 N–H and O–H groups in total. The first-order valence-corrected chi connectivity index (χ1v) is 13.5. The van der Waals surface area contributed by atoms with E-state index in [1.165, 1.54) is 24.4 Å². The number of carbonyl (C=O) groups is 1. The van der Waals surface area contributed by atoms with Crippen LogP contribution < -0.4 is 10.6 Å². The molecule has 7 rings (SSSR count). The van der Waals surface area contributed by atoms with Crippen molar-refractivity contribution in [3.05, 3.63) is 108 Å². The molecule has 13 heteroatoms. The summed E-state index contributed by atoms with van der Waals surface area (Å²) in [4.78, 5) is 27.0. The summed E-state index contributed by atoms with van der Waals surface area (Å²) < 4.78 is 30.8. The molecule has 1 aliphatic heterocycles. The molecule has 1 aromatic carbocycles. The number of aromatic nitrogens is 7. The maximum atomic E-state index is 13.8. The number of nitrogens with zero attached hydrogens (tertiary/aromatic N) is 8. The van der Waals surface area contributed by atoms with E-state index in [1.54, 1.807) is 58.3 Å². The first kappa shape index (κ1) is 26.2. The molecule has 0 bridgehead atoms. The van der Waals surface area contributed by atoms with Crippen LogP contribution in [-0.2, 0) is 19.6 Å². The van der Waals surface area contributed by atoms with Gasteiger partial charge in [-0.05, 0) is 66.2 Å². The van der Waals surface area contributed by atoms with E-state index in [0.717, 1.165) is 22.4 Å². The van der Waals surface area contributed by atoms with Gasteiger partial charge >= 0.3 is 6.03 Å². The van der Waals surface area contributed by atoms with Gasteiger partial charge in [-0.3, -0.25) is 9.67 Å². The number of urea groups is 1. The maximum Gasteiger partial charge on any atom is 0.322 e. The van der Waals surface area contributed by atoms with Crippen LogP contribution in [0.25, 0.3) is 28.2 Å². The highest BCUT2D eigenvalue weighted by Gasteiger charge is 2.29. The van der Waals surface area contributed by atoms with Gasteiger partial charge in [0.05, 0.1) is 36.2 Å². The van der Waals surface area contributed by atoms with Gasteiger partial charge in [-0.25, -0.2) is 23.7 Å². The second-order valence-corrected chi connectivity index (χ2v) is 9.98. The second-order valence-electron chi connectivity index (χ2n) is 9.98. The lowest BCUT2D eigenvalue weighted by atomic mass is 10.0. The Kier molecular flexibility index (Phi) is 6.66. The highest BCUT2D eigenvalue weighted by Crippen LogP contribution is 2.36. The number of carbonyl (C=O) groups excluding carboxylic acids is 1. The molecule has 0 saturated heterocycles. The Morgan fingerprint density at radius 3 is 2.58 bits per heavy atom. The molecule has 0 spiro atoms. The number of benzene rings is 1. The van der Waals surface area contributed by atoms with Crippen LogP contribution in [-0.4, -0.2) is 51.8 Å². The van der Waals surface area contributed by atoms with Crippen molar-refractivity contribution in [1.82, 2.24) is 39.2 Å². The van der Waals surface area contributed by atoms with Crippen molar-refractivity contribution in [2.75, 3.05) is 17.2 Å². The summed E-state index contributed by atoms with van der Waals surface area (Å²) >= 11 is 0. The van der Waals surface area contributed by atoms with Crippen molar-refractivity contribution >= 4 is 23.2 Å². The zero-order valence-corrected chi connectivity index (χ0v) is 22.7. The SMILES string of the molecule is O=C(Nc1ccncc1)N1CCn2nc(-c3ccc(F)cc3)c(-c3ccc4nc(NCc5ccnc(F)c5)cn4n3)c2C1. The molecular weight excluding hydrogens is 554 g/mol. The number of fused-ring (bicyclic) bond motifs is 2. The van der Waals surface area contributed by atoms with Gasteiger partial charge in [-0.15, -0.1) is 0 Å². The molecule has 11 nitrogen and oxygen atoms in total. The zero-order chi connectivity index (χ0) is 29.3. The molecule has 0 aliphatic carbocycles. The van der Waals surface area contributed by atoms with Gasteiger partial charge in [0.1, 0.15) is 17.3 Å². The van der Waals surface area contributed by atoms with Crippen LogP contribution in [0.1, 0.15) is 11.3 Å². The van der Waals surface area contributed by atoms with E-state index >= 15 is 0 Å². The number of rotatable bonds is 6. The van der Waals surface area contributed by atoms with Crippen LogP contribution in [0.2, 0.25) is 0 Å². The van der Waals surface area contributed by atoms with Gasteiger partial charge in [0.2, 0.25) is 5.95 Å². The summed E-state index contributed by atoms with van der Waals surface area (Å²) in [7, 11) is 0. The lowest BCUT2D eigenvalue weighted by molar-refractivity contribution is 0.194. The Morgan fingerprint density at radius 2 is 1.77 bits per heavy atom. The molecule has 5 aromatic heterocycles. The number of nitrogens with one attached hydrogen (secondary N) is 2. The van der Waals surface area contributed by atoms with E-state index in [0.29, 0.717) is 54.7 Å². The van der Waals surface area contributed by atoms with Crippen LogP contribution in [0.4, 0.5) is 25.1 Å². The highest BCUT2D eigenvalue weighted by molar-refractivity contribution is 5.90. The smallest absolute Gasteiger partial charge is 0.322 e. The fraction of sp³-hybridized carbons (Fsp3) is 0.133. The molecule has 1 aliphatic rings. The van der Waals surface area contributed by atoms with Crippen LogP contribution >= 0.6 is 0 Å². The van der Waals surface area contributed by atoms with Crippen LogP contribution in [0, 0.1) is 11.8 Å². The summed E-state index contributed by atoms with van der Waals surface area (Å²) in [6.45, 7) is 1.58. The molecule has 214 valence electrons. The predicted octanol–water partition coefficient (Wildman–Crippen LogP) is 4.99. The Bertz CT molecular complexity index is 1940. The van der Waals surface area contributed by atoms with Crippen molar-refractivity contribution in [2.45, 2.75) is 19.6 Å². The van der Waals surface area contributed by atoms with E-state index < -0.39 is 5.95 Å². The van der Waals surface area contributed by atoms with E-state index in [4.69, 9.17) is 10.2 Å². The van der Waals surface area contributed by atoms with Crippen molar-refractivity contribution < 1.29 is 13.6 Å². The van der Waals surface area contributed by atoms with Crippen LogP contribution in [0.3, 0.4) is 0 Å². The van der Waals surface area contributed by atoms with Crippen molar-refractivity contribution in [3.8, 4) is 22.5 Å². The topological polar surface area (TPSA) is 118 Å². The molecule has 0 atom stereocenters. The monoisotopic (exact) mass is 578 g/mol. The zero-order valence-electron chi connectivity index (χ0n) is 22.7. The van der Waals surface area contributed by atoms with E-state index in [-0.39, 0.29) is 11.8 Å². The van der Waals surface area contributed by atoms with E-state index in [1.807, 2.05) is 16.8 Å². The Hall–Kier alpha value is -5.72. The molecule has 0 radical (unpaired) electrons. The highest BCUT2D eigenvalue weighted by atomic mass is 19.1. The maximum absolute atomic E-state index is 13.8. The summed E-state index contributed by atoms with van der Waals surface area (Å²) in [5.41, 5.74) is 5.51. The Labute approximate surface area is 243 Å². The van der Waals surface area contributed by atoms with Gasteiger partial charge < -0.3 is 15.5 Å². The first-order chi connectivity index (χ1) is 21.0. The molecule has 0 saturated carbocycles. The molecule has 6 heterocycles. The molecule has 0 fully saturated rings. The fourth-order valence-electron chi connectivity index (χ4n) is 5.05. The number of anilines is 2. The first-order valence-electron chi connectivity index (χ1n) is 13.5. The summed E-state index contributed by atoms with van der Waals surface area (Å²) in [6, 6.07) is 16.1. The number of amides is 2. The number of halogens is 2.